The Morgan fingerprint density at radius 3 is 2.68 bits per heavy atom. The van der Waals surface area contributed by atoms with E-state index >= 15 is 0 Å². The zero-order valence-electron chi connectivity index (χ0n) is 11.7. The molecule has 0 radical (unpaired) electrons. The highest BCUT2D eigenvalue weighted by molar-refractivity contribution is 5.92. The maximum Gasteiger partial charge on any atom is 0.304 e. The van der Waals surface area contributed by atoms with E-state index in [1.165, 1.54) is 0 Å². The maximum atomic E-state index is 11.0. The van der Waals surface area contributed by atoms with Gasteiger partial charge in [-0.2, -0.15) is 0 Å². The molecule has 2 aromatic rings. The van der Waals surface area contributed by atoms with Gasteiger partial charge in [0.15, 0.2) is 0 Å². The van der Waals surface area contributed by atoms with E-state index in [0.29, 0.717) is 0 Å². The summed E-state index contributed by atoms with van der Waals surface area (Å²) in [5.41, 5.74) is 2.63. The average molecular weight is 261 g/mol. The van der Waals surface area contributed by atoms with Crippen LogP contribution in [0.2, 0.25) is 0 Å². The Balaban J connectivity index is 2.66. The molecule has 0 aliphatic rings. The molecule has 4 nitrogen and oxygen atoms in total. The van der Waals surface area contributed by atoms with Crippen LogP contribution in [0.25, 0.3) is 10.9 Å². The number of aryl methyl sites for hydroxylation is 1. The van der Waals surface area contributed by atoms with Crippen LogP contribution in [-0.4, -0.2) is 23.2 Å². The number of methoxy groups -OCH3 is 1. The first-order chi connectivity index (χ1) is 8.86. The number of aromatic nitrogens is 1. The zero-order chi connectivity index (χ0) is 14.2. The van der Waals surface area contributed by atoms with Gasteiger partial charge in [0, 0.05) is 17.0 Å². The number of carboxylic acids is 1. The number of aliphatic carboxylic acids is 1. The lowest BCUT2D eigenvalue weighted by molar-refractivity contribution is -0.138. The van der Waals surface area contributed by atoms with Gasteiger partial charge in [0.05, 0.1) is 19.0 Å². The van der Waals surface area contributed by atoms with Crippen molar-refractivity contribution in [1.29, 1.82) is 0 Å². The van der Waals surface area contributed by atoms with E-state index in [2.05, 4.69) is 4.98 Å². The highest BCUT2D eigenvalue weighted by atomic mass is 16.5. The third kappa shape index (κ3) is 2.30. The molecule has 0 saturated carbocycles. The predicted octanol–water partition coefficient (Wildman–Crippen LogP) is 3.24. The van der Waals surface area contributed by atoms with E-state index in [4.69, 9.17) is 9.84 Å². The third-order valence-corrected chi connectivity index (χ3v) is 3.55. The molecule has 0 bridgehead atoms. The number of fused-ring (bicyclic) bond motifs is 1. The molecule has 0 atom stereocenters. The van der Waals surface area contributed by atoms with Gasteiger partial charge in [-0.05, 0) is 24.1 Å². The van der Waals surface area contributed by atoms with Gasteiger partial charge in [-0.25, -0.2) is 0 Å². The standard InChI is InChI=1S/C15H19NO3/c1-9-5-6-11(19-4)14-13(9)10(8-16-14)15(2,3)7-12(17)18/h5-6,8,16H,7H2,1-4H3,(H,17,18). The molecule has 0 aliphatic heterocycles. The molecule has 102 valence electrons. The van der Waals surface area contributed by atoms with Crippen molar-refractivity contribution in [2.24, 2.45) is 0 Å². The summed E-state index contributed by atoms with van der Waals surface area (Å²) in [7, 11) is 1.63. The molecular weight excluding hydrogens is 242 g/mol. The van der Waals surface area contributed by atoms with Crippen LogP contribution in [0.5, 0.6) is 5.75 Å². The van der Waals surface area contributed by atoms with Crippen molar-refractivity contribution in [3.8, 4) is 5.75 Å². The van der Waals surface area contributed by atoms with Gasteiger partial charge in [-0.3, -0.25) is 4.79 Å². The second kappa shape index (κ2) is 4.61. The molecule has 1 heterocycles. The Hall–Kier alpha value is -1.97. The fourth-order valence-electron chi connectivity index (χ4n) is 2.57. The van der Waals surface area contributed by atoms with Crippen molar-refractivity contribution in [3.05, 3.63) is 29.5 Å². The first kappa shape index (κ1) is 13.5. The first-order valence-corrected chi connectivity index (χ1v) is 6.24. The summed E-state index contributed by atoms with van der Waals surface area (Å²) >= 11 is 0. The van der Waals surface area contributed by atoms with Gasteiger partial charge in [0.1, 0.15) is 5.75 Å². The van der Waals surface area contributed by atoms with E-state index in [9.17, 15) is 4.79 Å². The lowest BCUT2D eigenvalue weighted by Crippen LogP contribution is -2.21. The maximum absolute atomic E-state index is 11.0. The molecular formula is C15H19NO3. The lowest BCUT2D eigenvalue weighted by Gasteiger charge is -2.22. The van der Waals surface area contributed by atoms with Crippen molar-refractivity contribution in [1.82, 2.24) is 4.98 Å². The van der Waals surface area contributed by atoms with Crippen LogP contribution in [0, 0.1) is 6.92 Å². The number of nitrogens with one attached hydrogen (secondary N) is 1. The van der Waals surface area contributed by atoms with Crippen LogP contribution in [0.3, 0.4) is 0 Å². The predicted molar refractivity (Wildman–Crippen MR) is 74.9 cm³/mol. The zero-order valence-corrected chi connectivity index (χ0v) is 11.7. The Labute approximate surface area is 112 Å². The number of carboxylic acid groups (broad SMARTS) is 1. The summed E-state index contributed by atoms with van der Waals surface area (Å²) in [5.74, 6) is -0.0159. The summed E-state index contributed by atoms with van der Waals surface area (Å²) < 4.78 is 5.34. The number of rotatable bonds is 4. The smallest absolute Gasteiger partial charge is 0.304 e. The number of carbonyl (C=O) groups is 1. The normalized spacial score (nSPS) is 11.8. The fraction of sp³-hybridized carbons (Fsp3) is 0.400. The Bertz CT molecular complexity index is 626. The summed E-state index contributed by atoms with van der Waals surface area (Å²) in [6.45, 7) is 5.92. The third-order valence-electron chi connectivity index (χ3n) is 3.55. The van der Waals surface area contributed by atoms with Crippen molar-refractivity contribution < 1.29 is 14.6 Å². The number of H-pyrrole nitrogens is 1. The number of benzene rings is 1. The lowest BCUT2D eigenvalue weighted by atomic mass is 9.80. The van der Waals surface area contributed by atoms with Crippen LogP contribution in [0.1, 0.15) is 31.4 Å². The first-order valence-electron chi connectivity index (χ1n) is 6.24. The van der Waals surface area contributed by atoms with Gasteiger partial charge < -0.3 is 14.8 Å². The Morgan fingerprint density at radius 1 is 1.42 bits per heavy atom. The molecule has 19 heavy (non-hydrogen) atoms. The average Bonchev–Trinajstić information content (AvgIpc) is 2.74. The largest absolute Gasteiger partial charge is 0.495 e. The van der Waals surface area contributed by atoms with Crippen molar-refractivity contribution in [2.45, 2.75) is 32.6 Å². The van der Waals surface area contributed by atoms with Crippen molar-refractivity contribution in [2.75, 3.05) is 7.11 Å². The summed E-state index contributed by atoms with van der Waals surface area (Å²) in [6, 6.07) is 3.91. The fourth-order valence-corrected chi connectivity index (χ4v) is 2.57. The van der Waals surface area contributed by atoms with Gasteiger partial charge >= 0.3 is 5.97 Å². The van der Waals surface area contributed by atoms with Crippen molar-refractivity contribution >= 4 is 16.9 Å². The second-order valence-corrected chi connectivity index (χ2v) is 5.49. The topological polar surface area (TPSA) is 62.3 Å². The van der Waals surface area contributed by atoms with Gasteiger partial charge in [0.25, 0.3) is 0 Å². The minimum absolute atomic E-state index is 0.0939. The number of aromatic amines is 1. The van der Waals surface area contributed by atoms with Gasteiger partial charge in [-0.1, -0.05) is 19.9 Å². The van der Waals surface area contributed by atoms with Crippen LogP contribution in [-0.2, 0) is 10.2 Å². The highest BCUT2D eigenvalue weighted by Crippen LogP contribution is 2.37. The summed E-state index contributed by atoms with van der Waals surface area (Å²) in [4.78, 5) is 14.2. The molecule has 2 N–H and O–H groups in total. The molecule has 1 aromatic carbocycles. The molecule has 0 saturated heterocycles. The van der Waals surface area contributed by atoms with Crippen LogP contribution < -0.4 is 4.74 Å². The molecule has 0 amide bonds. The molecule has 2 rings (SSSR count). The van der Waals surface area contributed by atoms with E-state index < -0.39 is 11.4 Å². The Kier molecular flexibility index (Phi) is 3.27. The second-order valence-electron chi connectivity index (χ2n) is 5.49. The van der Waals surface area contributed by atoms with Crippen molar-refractivity contribution in [3.63, 3.8) is 0 Å². The van der Waals surface area contributed by atoms with E-state index in [1.54, 1.807) is 7.11 Å². The van der Waals surface area contributed by atoms with E-state index in [0.717, 1.165) is 27.8 Å². The molecule has 1 aromatic heterocycles. The number of hydrogen-bond acceptors (Lipinski definition) is 2. The summed E-state index contributed by atoms with van der Waals surface area (Å²) in [5, 5.41) is 10.1. The van der Waals surface area contributed by atoms with E-state index in [-0.39, 0.29) is 6.42 Å². The van der Waals surface area contributed by atoms with E-state index in [1.807, 2.05) is 39.1 Å². The quantitative estimate of drug-likeness (QED) is 0.888. The molecule has 4 heteroatoms. The summed E-state index contributed by atoms with van der Waals surface area (Å²) in [6.07, 6.45) is 1.99. The number of hydrogen-bond donors (Lipinski definition) is 2. The Morgan fingerprint density at radius 2 is 2.11 bits per heavy atom. The monoisotopic (exact) mass is 261 g/mol. The number of ether oxygens (including phenoxy) is 1. The highest BCUT2D eigenvalue weighted by Gasteiger charge is 2.28. The van der Waals surface area contributed by atoms with Crippen LogP contribution >= 0.6 is 0 Å². The van der Waals surface area contributed by atoms with Crippen LogP contribution in [0.15, 0.2) is 18.3 Å². The SMILES string of the molecule is COc1ccc(C)c2c(C(C)(C)CC(=O)O)c[nH]c12. The minimum atomic E-state index is -0.792. The van der Waals surface area contributed by atoms with Gasteiger partial charge in [-0.15, -0.1) is 0 Å². The van der Waals surface area contributed by atoms with Crippen LogP contribution in [0.4, 0.5) is 0 Å². The molecule has 0 unspecified atom stereocenters. The molecule has 0 fully saturated rings. The molecule has 0 spiro atoms. The minimum Gasteiger partial charge on any atom is -0.495 e. The van der Waals surface area contributed by atoms with Gasteiger partial charge in [0.2, 0.25) is 0 Å². The molecule has 0 aliphatic carbocycles.